The summed E-state index contributed by atoms with van der Waals surface area (Å²) in [6.07, 6.45) is 0. The van der Waals surface area contributed by atoms with Crippen LogP contribution >= 0.6 is 15.9 Å². The van der Waals surface area contributed by atoms with Crippen molar-refractivity contribution in [3.63, 3.8) is 0 Å². The topological polar surface area (TPSA) is 63.9 Å². The van der Waals surface area contributed by atoms with Gasteiger partial charge in [0.05, 0.1) is 34.6 Å². The van der Waals surface area contributed by atoms with E-state index in [9.17, 15) is 4.39 Å². The first-order valence-electron chi connectivity index (χ1n) is 5.33. The first-order chi connectivity index (χ1) is 8.15. The minimum Gasteiger partial charge on any atom is -0.379 e. The van der Waals surface area contributed by atoms with Gasteiger partial charge in [-0.2, -0.15) is 0 Å². The third-order valence-electron chi connectivity index (χ3n) is 3.02. The quantitative estimate of drug-likeness (QED) is 0.845. The van der Waals surface area contributed by atoms with Crippen molar-refractivity contribution in [3.05, 3.63) is 28.2 Å². The number of halogens is 2. The molecule has 0 spiro atoms. The van der Waals surface area contributed by atoms with Crippen molar-refractivity contribution in [2.24, 2.45) is 5.73 Å². The monoisotopic (exact) mass is 299 g/mol. The van der Waals surface area contributed by atoms with Gasteiger partial charge in [0.1, 0.15) is 11.6 Å². The molecule has 90 valence electrons. The maximum absolute atomic E-state index is 13.4. The fraction of sp³-hybridized carbons (Fsp3) is 0.364. The van der Waals surface area contributed by atoms with E-state index in [0.717, 1.165) is 11.3 Å². The van der Waals surface area contributed by atoms with Crippen molar-refractivity contribution in [3.8, 4) is 0 Å². The molecule has 0 saturated carbocycles. The minimum atomic E-state index is -0.306. The summed E-state index contributed by atoms with van der Waals surface area (Å²) >= 11 is 3.14. The van der Waals surface area contributed by atoms with Gasteiger partial charge in [0.2, 0.25) is 0 Å². The zero-order valence-electron chi connectivity index (χ0n) is 8.91. The number of hydrogen-bond acceptors (Lipinski definition) is 3. The lowest BCUT2D eigenvalue weighted by Gasteiger charge is -2.08. The number of imidazole rings is 1. The smallest absolute Gasteiger partial charge is 0.139 e. The molecule has 2 unspecified atom stereocenters. The molecule has 1 aliphatic rings. The van der Waals surface area contributed by atoms with Crippen molar-refractivity contribution in [2.75, 3.05) is 13.2 Å². The lowest BCUT2D eigenvalue weighted by Crippen LogP contribution is -2.27. The summed E-state index contributed by atoms with van der Waals surface area (Å²) in [6, 6.07) is 3.03. The molecule has 17 heavy (non-hydrogen) atoms. The predicted molar refractivity (Wildman–Crippen MR) is 65.3 cm³/mol. The highest BCUT2D eigenvalue weighted by molar-refractivity contribution is 9.10. The van der Waals surface area contributed by atoms with Gasteiger partial charge in [-0.3, -0.25) is 0 Å². The fourth-order valence-corrected chi connectivity index (χ4v) is 2.38. The SMILES string of the molecule is NC1COCC1c1nc2cc(Br)c(F)cc2[nH]1. The molecule has 6 heteroatoms. The number of nitrogens with one attached hydrogen (secondary N) is 1. The van der Waals surface area contributed by atoms with Crippen LogP contribution in [0.4, 0.5) is 4.39 Å². The van der Waals surface area contributed by atoms with E-state index in [2.05, 4.69) is 25.9 Å². The van der Waals surface area contributed by atoms with Gasteiger partial charge >= 0.3 is 0 Å². The van der Waals surface area contributed by atoms with Gasteiger partial charge in [-0.15, -0.1) is 0 Å². The molecule has 0 bridgehead atoms. The van der Waals surface area contributed by atoms with Crippen molar-refractivity contribution in [1.29, 1.82) is 0 Å². The Hall–Kier alpha value is -0.980. The van der Waals surface area contributed by atoms with Crippen molar-refractivity contribution >= 4 is 27.0 Å². The summed E-state index contributed by atoms with van der Waals surface area (Å²) in [4.78, 5) is 7.54. The maximum atomic E-state index is 13.4. The van der Waals surface area contributed by atoms with Crippen LogP contribution in [0.3, 0.4) is 0 Å². The average Bonchev–Trinajstić information content (AvgIpc) is 2.85. The van der Waals surface area contributed by atoms with Crippen LogP contribution in [-0.2, 0) is 4.74 Å². The molecule has 3 N–H and O–H groups in total. The average molecular weight is 300 g/mol. The van der Waals surface area contributed by atoms with E-state index < -0.39 is 0 Å². The molecular weight excluding hydrogens is 289 g/mol. The van der Waals surface area contributed by atoms with Gasteiger partial charge in [0.15, 0.2) is 0 Å². The summed E-state index contributed by atoms with van der Waals surface area (Å²) in [5.41, 5.74) is 7.33. The van der Waals surface area contributed by atoms with E-state index in [1.165, 1.54) is 6.07 Å². The minimum absolute atomic E-state index is 0.0520. The summed E-state index contributed by atoms with van der Waals surface area (Å²) in [5, 5.41) is 0. The maximum Gasteiger partial charge on any atom is 0.139 e. The second-order valence-electron chi connectivity index (χ2n) is 4.21. The second-order valence-corrected chi connectivity index (χ2v) is 5.07. The Morgan fingerprint density at radius 2 is 2.29 bits per heavy atom. The summed E-state index contributed by atoms with van der Waals surface area (Å²) < 4.78 is 19.1. The number of nitrogens with two attached hydrogens (primary N) is 1. The Morgan fingerprint density at radius 1 is 1.47 bits per heavy atom. The van der Waals surface area contributed by atoms with Crippen molar-refractivity contribution in [1.82, 2.24) is 9.97 Å². The van der Waals surface area contributed by atoms with Crippen molar-refractivity contribution < 1.29 is 9.13 Å². The van der Waals surface area contributed by atoms with Crippen LogP contribution in [0.5, 0.6) is 0 Å². The summed E-state index contributed by atoms with van der Waals surface area (Å²) in [6.45, 7) is 1.10. The molecule has 1 aromatic carbocycles. The lowest BCUT2D eigenvalue weighted by molar-refractivity contribution is 0.190. The van der Waals surface area contributed by atoms with Gasteiger partial charge in [0, 0.05) is 12.1 Å². The highest BCUT2D eigenvalue weighted by atomic mass is 79.9. The first-order valence-corrected chi connectivity index (χ1v) is 6.12. The van der Waals surface area contributed by atoms with E-state index in [1.54, 1.807) is 6.07 Å². The lowest BCUT2D eigenvalue weighted by atomic mass is 10.0. The number of aromatic nitrogens is 2. The number of rotatable bonds is 1. The fourth-order valence-electron chi connectivity index (χ4n) is 2.05. The normalized spacial score (nSPS) is 24.6. The van der Waals surface area contributed by atoms with Crippen LogP contribution in [0, 0.1) is 5.82 Å². The molecule has 0 amide bonds. The standard InChI is InChI=1S/C11H11BrFN3O/c12-6-1-9-10(2-7(6)13)16-11(15-9)5-3-17-4-8(5)14/h1-2,5,8H,3-4,14H2,(H,15,16). The van der Waals surface area contributed by atoms with Crippen LogP contribution in [0.15, 0.2) is 16.6 Å². The molecule has 3 rings (SSSR count). The molecule has 0 radical (unpaired) electrons. The molecule has 4 nitrogen and oxygen atoms in total. The largest absolute Gasteiger partial charge is 0.379 e. The zero-order chi connectivity index (χ0) is 12.0. The van der Waals surface area contributed by atoms with E-state index >= 15 is 0 Å². The molecule has 0 aliphatic carbocycles. The molecule has 1 saturated heterocycles. The van der Waals surface area contributed by atoms with Crippen LogP contribution in [0.2, 0.25) is 0 Å². The number of fused-ring (bicyclic) bond motifs is 1. The van der Waals surface area contributed by atoms with Crippen LogP contribution in [0.1, 0.15) is 11.7 Å². The van der Waals surface area contributed by atoms with E-state index in [4.69, 9.17) is 10.5 Å². The van der Waals surface area contributed by atoms with E-state index in [-0.39, 0.29) is 17.8 Å². The Bertz CT molecular complexity index is 532. The number of aromatic amines is 1. The third-order valence-corrected chi connectivity index (χ3v) is 3.63. The van der Waals surface area contributed by atoms with Gasteiger partial charge < -0.3 is 15.5 Å². The molecular formula is C11H11BrFN3O. The Balaban J connectivity index is 2.07. The Labute approximate surface area is 105 Å². The molecule has 2 aromatic rings. The number of nitrogens with zero attached hydrogens (tertiary/aromatic N) is 1. The predicted octanol–water partition coefficient (Wildman–Crippen LogP) is 1.91. The van der Waals surface area contributed by atoms with E-state index in [1.807, 2.05) is 0 Å². The Kier molecular flexibility index (Phi) is 2.65. The molecule has 1 fully saturated rings. The zero-order valence-corrected chi connectivity index (χ0v) is 10.5. The summed E-state index contributed by atoms with van der Waals surface area (Å²) in [5.74, 6) is 0.520. The Morgan fingerprint density at radius 3 is 3.00 bits per heavy atom. The number of H-pyrrole nitrogens is 1. The van der Waals surface area contributed by atoms with Crippen LogP contribution < -0.4 is 5.73 Å². The number of hydrogen-bond donors (Lipinski definition) is 2. The highest BCUT2D eigenvalue weighted by Gasteiger charge is 2.29. The first kappa shape index (κ1) is 11.1. The van der Waals surface area contributed by atoms with Crippen LogP contribution in [0.25, 0.3) is 11.0 Å². The second kappa shape index (κ2) is 4.04. The van der Waals surface area contributed by atoms with Gasteiger partial charge in [-0.25, -0.2) is 9.37 Å². The molecule has 1 aliphatic heterocycles. The number of ether oxygens (including phenoxy) is 1. The van der Waals surface area contributed by atoms with E-state index in [0.29, 0.717) is 23.2 Å². The van der Waals surface area contributed by atoms with Crippen LogP contribution in [-0.4, -0.2) is 29.2 Å². The van der Waals surface area contributed by atoms with Gasteiger partial charge in [-0.05, 0) is 22.0 Å². The third kappa shape index (κ3) is 1.86. The van der Waals surface area contributed by atoms with Crippen molar-refractivity contribution in [2.45, 2.75) is 12.0 Å². The molecule has 2 heterocycles. The summed E-state index contributed by atoms with van der Waals surface area (Å²) in [7, 11) is 0. The van der Waals surface area contributed by atoms with Gasteiger partial charge in [-0.1, -0.05) is 0 Å². The molecule has 1 aromatic heterocycles. The van der Waals surface area contributed by atoms with Gasteiger partial charge in [0.25, 0.3) is 0 Å². The highest BCUT2D eigenvalue weighted by Crippen LogP contribution is 2.27. The molecule has 2 atom stereocenters. The number of benzene rings is 1.